The first-order valence-corrected chi connectivity index (χ1v) is 8.93. The average Bonchev–Trinajstić information content (AvgIpc) is 2.54. The highest BCUT2D eigenvalue weighted by Gasteiger charge is 2.24. The van der Waals surface area contributed by atoms with Gasteiger partial charge in [-0.15, -0.1) is 0 Å². The molecule has 1 aliphatic rings. The molecule has 1 heterocycles. The summed E-state index contributed by atoms with van der Waals surface area (Å²) in [5, 5.41) is 6.69. The molecule has 1 amide bonds. The van der Waals surface area contributed by atoms with E-state index in [1.54, 1.807) is 7.11 Å². The summed E-state index contributed by atoms with van der Waals surface area (Å²) < 4.78 is 5.41. The highest BCUT2D eigenvalue weighted by Crippen LogP contribution is 2.26. The zero-order valence-electron chi connectivity index (χ0n) is 15.9. The Morgan fingerprint density at radius 3 is 2.48 bits per heavy atom. The molecule has 1 fully saturated rings. The van der Waals surface area contributed by atoms with Crippen LogP contribution < -0.4 is 16.4 Å². The third kappa shape index (κ3) is 5.29. The van der Waals surface area contributed by atoms with Crippen molar-refractivity contribution >= 4 is 17.7 Å². The van der Waals surface area contributed by atoms with Crippen molar-refractivity contribution in [2.45, 2.75) is 71.6 Å². The minimum absolute atomic E-state index is 0.0198. The van der Waals surface area contributed by atoms with E-state index in [1.165, 1.54) is 6.20 Å². The van der Waals surface area contributed by atoms with Crippen LogP contribution in [0.4, 0.5) is 11.8 Å². The summed E-state index contributed by atoms with van der Waals surface area (Å²) in [7, 11) is 1.76. The van der Waals surface area contributed by atoms with E-state index < -0.39 is 5.91 Å². The first-order chi connectivity index (χ1) is 11.7. The summed E-state index contributed by atoms with van der Waals surface area (Å²) in [5.41, 5.74) is 5.80. The van der Waals surface area contributed by atoms with Crippen LogP contribution in [0.5, 0.6) is 0 Å². The van der Waals surface area contributed by atoms with Crippen molar-refractivity contribution in [3.05, 3.63) is 11.8 Å². The van der Waals surface area contributed by atoms with E-state index in [1.807, 2.05) is 0 Å². The van der Waals surface area contributed by atoms with Crippen LogP contribution in [0.1, 0.15) is 63.7 Å². The van der Waals surface area contributed by atoms with Crippen LogP contribution in [0.3, 0.4) is 0 Å². The lowest BCUT2D eigenvalue weighted by molar-refractivity contribution is 0.0681. The lowest BCUT2D eigenvalue weighted by Gasteiger charge is -2.30. The minimum Gasteiger partial charge on any atom is -0.381 e. The molecule has 1 atom stereocenters. The monoisotopic (exact) mass is 349 g/mol. The smallest absolute Gasteiger partial charge is 0.254 e. The third-order valence-corrected chi connectivity index (χ3v) is 5.05. The molecule has 1 aliphatic carbocycles. The molecule has 25 heavy (non-hydrogen) atoms. The predicted molar refractivity (Wildman–Crippen MR) is 99.8 cm³/mol. The van der Waals surface area contributed by atoms with E-state index in [-0.39, 0.29) is 11.5 Å². The maximum atomic E-state index is 11.7. The van der Waals surface area contributed by atoms with Crippen molar-refractivity contribution < 1.29 is 9.53 Å². The Labute approximate surface area is 150 Å². The van der Waals surface area contributed by atoms with Crippen molar-refractivity contribution in [1.82, 2.24) is 9.97 Å². The summed E-state index contributed by atoms with van der Waals surface area (Å²) in [5.74, 6) is 0.475. The molecule has 0 bridgehead atoms. The lowest BCUT2D eigenvalue weighted by Crippen LogP contribution is -2.33. The number of anilines is 2. The zero-order chi connectivity index (χ0) is 18.6. The number of amides is 1. The molecular weight excluding hydrogens is 318 g/mol. The van der Waals surface area contributed by atoms with E-state index in [2.05, 4.69) is 48.3 Å². The highest BCUT2D eigenvalue weighted by atomic mass is 16.5. The fourth-order valence-corrected chi connectivity index (χ4v) is 2.79. The quantitative estimate of drug-likeness (QED) is 0.730. The van der Waals surface area contributed by atoms with Crippen LogP contribution in [-0.2, 0) is 4.74 Å². The number of methoxy groups -OCH3 is 1. The molecule has 4 N–H and O–H groups in total. The van der Waals surface area contributed by atoms with E-state index in [4.69, 9.17) is 10.5 Å². The molecule has 7 heteroatoms. The highest BCUT2D eigenvalue weighted by molar-refractivity contribution is 5.97. The molecule has 0 aromatic carbocycles. The maximum Gasteiger partial charge on any atom is 0.254 e. The van der Waals surface area contributed by atoms with Gasteiger partial charge < -0.3 is 21.1 Å². The minimum atomic E-state index is -0.532. The molecule has 7 nitrogen and oxygen atoms in total. The molecule has 0 saturated heterocycles. The Morgan fingerprint density at radius 2 is 1.96 bits per heavy atom. The molecule has 140 valence electrons. The maximum absolute atomic E-state index is 11.7. The molecule has 2 rings (SSSR count). The standard InChI is InChI=1S/C18H31N5O2/c1-11(18(2,3)4)21-16-14(15(19)24)10-20-17(23-16)22-12-6-8-13(25-5)9-7-12/h10-13H,6-9H2,1-5H3,(H2,19,24)(H2,20,21,22,23). The van der Waals surface area contributed by atoms with Crippen molar-refractivity contribution in [2.75, 3.05) is 17.7 Å². The van der Waals surface area contributed by atoms with Gasteiger partial charge in [0.15, 0.2) is 0 Å². The van der Waals surface area contributed by atoms with Gasteiger partial charge in [-0.25, -0.2) is 4.98 Å². The van der Waals surface area contributed by atoms with Gasteiger partial charge in [-0.1, -0.05) is 20.8 Å². The molecule has 0 spiro atoms. The largest absolute Gasteiger partial charge is 0.381 e. The Bertz CT molecular complexity index is 592. The normalized spacial score (nSPS) is 22.3. The first-order valence-electron chi connectivity index (χ1n) is 8.93. The van der Waals surface area contributed by atoms with Crippen molar-refractivity contribution in [3.8, 4) is 0 Å². The van der Waals surface area contributed by atoms with Gasteiger partial charge in [-0.2, -0.15) is 4.98 Å². The lowest BCUT2D eigenvalue weighted by atomic mass is 9.88. The number of carbonyl (C=O) groups excluding carboxylic acids is 1. The van der Waals surface area contributed by atoms with Gasteiger partial charge in [0.05, 0.1) is 11.7 Å². The van der Waals surface area contributed by atoms with Crippen molar-refractivity contribution in [1.29, 1.82) is 0 Å². The number of hydrogen-bond acceptors (Lipinski definition) is 6. The number of nitrogens with one attached hydrogen (secondary N) is 2. The zero-order valence-corrected chi connectivity index (χ0v) is 15.9. The fraction of sp³-hybridized carbons (Fsp3) is 0.722. The van der Waals surface area contributed by atoms with Crippen LogP contribution in [0.15, 0.2) is 6.20 Å². The predicted octanol–water partition coefficient (Wildman–Crippen LogP) is 2.79. The summed E-state index contributed by atoms with van der Waals surface area (Å²) in [6.07, 6.45) is 5.93. The Kier molecular flexibility index (Phi) is 6.21. The van der Waals surface area contributed by atoms with Gasteiger partial charge in [-0.05, 0) is 38.0 Å². The summed E-state index contributed by atoms with van der Waals surface area (Å²) in [6, 6.07) is 0.434. The summed E-state index contributed by atoms with van der Waals surface area (Å²) >= 11 is 0. The van der Waals surface area contributed by atoms with Crippen molar-refractivity contribution in [3.63, 3.8) is 0 Å². The van der Waals surface area contributed by atoms with Gasteiger partial charge >= 0.3 is 0 Å². The molecule has 1 aromatic heterocycles. The second-order valence-corrected chi connectivity index (χ2v) is 7.91. The van der Waals surface area contributed by atoms with E-state index in [9.17, 15) is 4.79 Å². The van der Waals surface area contributed by atoms with Gasteiger partial charge in [-0.3, -0.25) is 4.79 Å². The van der Waals surface area contributed by atoms with Gasteiger partial charge in [0.1, 0.15) is 5.82 Å². The Morgan fingerprint density at radius 1 is 1.32 bits per heavy atom. The Balaban J connectivity index is 2.12. The molecule has 0 aliphatic heterocycles. The molecule has 1 aromatic rings. The van der Waals surface area contributed by atoms with Crippen LogP contribution >= 0.6 is 0 Å². The SMILES string of the molecule is COC1CCC(Nc2ncc(C(N)=O)c(NC(C)C(C)(C)C)n2)CC1. The summed E-state index contributed by atoms with van der Waals surface area (Å²) in [6.45, 7) is 8.45. The third-order valence-electron chi connectivity index (χ3n) is 5.05. The van der Waals surface area contributed by atoms with Crippen LogP contribution in [0.25, 0.3) is 0 Å². The second kappa shape index (κ2) is 7.99. The number of carbonyl (C=O) groups is 1. The van der Waals surface area contributed by atoms with Gasteiger partial charge in [0.2, 0.25) is 5.95 Å². The fourth-order valence-electron chi connectivity index (χ4n) is 2.79. The Hall–Kier alpha value is -1.89. The van der Waals surface area contributed by atoms with Crippen LogP contribution in [0, 0.1) is 5.41 Å². The topological polar surface area (TPSA) is 102 Å². The van der Waals surface area contributed by atoms with E-state index >= 15 is 0 Å². The van der Waals surface area contributed by atoms with Gasteiger partial charge in [0, 0.05) is 25.4 Å². The molecule has 1 saturated carbocycles. The number of nitrogens with zero attached hydrogens (tertiary/aromatic N) is 2. The number of ether oxygens (including phenoxy) is 1. The molecule has 1 unspecified atom stereocenters. The number of primary amides is 1. The number of aromatic nitrogens is 2. The molecular formula is C18H31N5O2. The van der Waals surface area contributed by atoms with Gasteiger partial charge in [0.25, 0.3) is 5.91 Å². The van der Waals surface area contributed by atoms with Crippen LogP contribution in [-0.4, -0.2) is 41.2 Å². The molecule has 0 radical (unpaired) electrons. The number of hydrogen-bond donors (Lipinski definition) is 3. The number of nitrogens with two attached hydrogens (primary N) is 1. The van der Waals surface area contributed by atoms with Crippen molar-refractivity contribution in [2.24, 2.45) is 11.1 Å². The number of rotatable bonds is 6. The average molecular weight is 349 g/mol. The van der Waals surface area contributed by atoms with Crippen LogP contribution in [0.2, 0.25) is 0 Å². The summed E-state index contributed by atoms with van der Waals surface area (Å²) in [4.78, 5) is 20.5. The van der Waals surface area contributed by atoms with E-state index in [0.29, 0.717) is 29.5 Å². The van der Waals surface area contributed by atoms with E-state index in [0.717, 1.165) is 25.7 Å². The second-order valence-electron chi connectivity index (χ2n) is 7.91. The first kappa shape index (κ1) is 19.4.